The SMILES string of the molecule is COCCNc1nc(C)c(-c2ccnc(Nc3ccc(OC)c(Cl)c3)n2)s1. The van der Waals surface area contributed by atoms with Gasteiger partial charge in [0, 0.05) is 25.5 Å². The lowest BCUT2D eigenvalue weighted by Gasteiger charge is -2.08. The molecule has 2 aromatic heterocycles. The van der Waals surface area contributed by atoms with E-state index in [4.69, 9.17) is 21.1 Å². The highest BCUT2D eigenvalue weighted by molar-refractivity contribution is 7.19. The average molecular weight is 406 g/mol. The molecule has 1 aromatic carbocycles. The molecular formula is C18H20ClN5O2S. The maximum atomic E-state index is 6.17. The Morgan fingerprint density at radius 1 is 1.19 bits per heavy atom. The number of methoxy groups -OCH3 is 2. The largest absolute Gasteiger partial charge is 0.495 e. The van der Waals surface area contributed by atoms with Crippen LogP contribution in [0.3, 0.4) is 0 Å². The van der Waals surface area contributed by atoms with Crippen LogP contribution in [0, 0.1) is 6.92 Å². The van der Waals surface area contributed by atoms with Gasteiger partial charge in [-0.05, 0) is 31.2 Å². The van der Waals surface area contributed by atoms with E-state index in [0.717, 1.165) is 27.1 Å². The summed E-state index contributed by atoms with van der Waals surface area (Å²) < 4.78 is 10.2. The van der Waals surface area contributed by atoms with Crippen molar-refractivity contribution < 1.29 is 9.47 Å². The van der Waals surface area contributed by atoms with E-state index in [0.29, 0.717) is 29.9 Å². The van der Waals surface area contributed by atoms with Crippen molar-refractivity contribution in [1.29, 1.82) is 0 Å². The minimum absolute atomic E-state index is 0.482. The van der Waals surface area contributed by atoms with Crippen molar-refractivity contribution in [2.45, 2.75) is 6.92 Å². The van der Waals surface area contributed by atoms with Gasteiger partial charge in [0.1, 0.15) is 5.75 Å². The fraction of sp³-hybridized carbons (Fsp3) is 0.278. The number of aryl methyl sites for hydroxylation is 1. The monoisotopic (exact) mass is 405 g/mol. The van der Waals surface area contributed by atoms with Gasteiger partial charge in [0.25, 0.3) is 0 Å². The summed E-state index contributed by atoms with van der Waals surface area (Å²) in [5.74, 6) is 1.10. The highest BCUT2D eigenvalue weighted by Gasteiger charge is 2.12. The molecule has 0 atom stereocenters. The quantitative estimate of drug-likeness (QED) is 0.538. The highest BCUT2D eigenvalue weighted by Crippen LogP contribution is 2.32. The number of ether oxygens (including phenoxy) is 2. The molecular weight excluding hydrogens is 386 g/mol. The number of nitrogens with zero attached hydrogens (tertiary/aromatic N) is 3. The lowest BCUT2D eigenvalue weighted by atomic mass is 10.3. The van der Waals surface area contributed by atoms with E-state index in [2.05, 4.69) is 25.6 Å². The van der Waals surface area contributed by atoms with Gasteiger partial charge >= 0.3 is 0 Å². The lowest BCUT2D eigenvalue weighted by molar-refractivity contribution is 0.211. The number of benzene rings is 1. The fourth-order valence-electron chi connectivity index (χ4n) is 2.39. The van der Waals surface area contributed by atoms with Crippen LogP contribution >= 0.6 is 22.9 Å². The zero-order valence-corrected chi connectivity index (χ0v) is 16.8. The Morgan fingerprint density at radius 3 is 2.78 bits per heavy atom. The van der Waals surface area contributed by atoms with Gasteiger partial charge in [0.2, 0.25) is 5.95 Å². The van der Waals surface area contributed by atoms with Crippen molar-refractivity contribution in [1.82, 2.24) is 15.0 Å². The first-order valence-corrected chi connectivity index (χ1v) is 9.44. The van der Waals surface area contributed by atoms with Crippen molar-refractivity contribution in [3.63, 3.8) is 0 Å². The summed E-state index contributed by atoms with van der Waals surface area (Å²) in [6.07, 6.45) is 1.72. The van der Waals surface area contributed by atoms with E-state index in [1.165, 1.54) is 0 Å². The van der Waals surface area contributed by atoms with Crippen LogP contribution in [-0.2, 0) is 4.74 Å². The summed E-state index contributed by atoms with van der Waals surface area (Å²) in [4.78, 5) is 14.4. The zero-order valence-electron chi connectivity index (χ0n) is 15.2. The first kappa shape index (κ1) is 19.3. The van der Waals surface area contributed by atoms with Crippen LogP contribution < -0.4 is 15.4 Å². The van der Waals surface area contributed by atoms with Crippen molar-refractivity contribution in [3.05, 3.63) is 41.2 Å². The molecule has 3 rings (SSSR count). The van der Waals surface area contributed by atoms with Crippen molar-refractivity contribution in [2.24, 2.45) is 0 Å². The van der Waals surface area contributed by atoms with Gasteiger partial charge in [-0.1, -0.05) is 22.9 Å². The van der Waals surface area contributed by atoms with Crippen molar-refractivity contribution >= 4 is 39.7 Å². The molecule has 2 heterocycles. The Morgan fingerprint density at radius 2 is 2.04 bits per heavy atom. The maximum Gasteiger partial charge on any atom is 0.227 e. The predicted molar refractivity (Wildman–Crippen MR) is 110 cm³/mol. The third kappa shape index (κ3) is 4.85. The summed E-state index contributed by atoms with van der Waals surface area (Å²) >= 11 is 7.72. The van der Waals surface area contributed by atoms with Crippen molar-refractivity contribution in [2.75, 3.05) is 38.0 Å². The molecule has 2 N–H and O–H groups in total. The molecule has 0 unspecified atom stereocenters. The summed E-state index contributed by atoms with van der Waals surface area (Å²) in [6.45, 7) is 3.30. The molecule has 0 saturated heterocycles. The van der Waals surface area contributed by atoms with Gasteiger partial charge in [-0.15, -0.1) is 0 Å². The molecule has 0 amide bonds. The molecule has 0 aliphatic carbocycles. The van der Waals surface area contributed by atoms with Crippen LogP contribution in [0.25, 0.3) is 10.6 Å². The minimum Gasteiger partial charge on any atom is -0.495 e. The van der Waals surface area contributed by atoms with Crippen LogP contribution in [0.4, 0.5) is 16.8 Å². The summed E-state index contributed by atoms with van der Waals surface area (Å²) in [7, 11) is 3.25. The third-order valence-corrected chi connectivity index (χ3v) is 5.11. The van der Waals surface area contributed by atoms with E-state index < -0.39 is 0 Å². The lowest BCUT2D eigenvalue weighted by Crippen LogP contribution is -2.06. The van der Waals surface area contributed by atoms with Crippen LogP contribution in [0.2, 0.25) is 5.02 Å². The van der Waals surface area contributed by atoms with Crippen LogP contribution in [0.1, 0.15) is 5.69 Å². The van der Waals surface area contributed by atoms with Gasteiger partial charge in [0.15, 0.2) is 5.13 Å². The molecule has 0 fully saturated rings. The molecule has 142 valence electrons. The smallest absolute Gasteiger partial charge is 0.227 e. The molecule has 0 radical (unpaired) electrons. The molecule has 9 heteroatoms. The number of thiazole rings is 1. The maximum absolute atomic E-state index is 6.17. The molecule has 0 aliphatic heterocycles. The summed E-state index contributed by atoms with van der Waals surface area (Å²) in [6, 6.07) is 7.29. The molecule has 0 bridgehead atoms. The molecule has 0 aliphatic rings. The average Bonchev–Trinajstić information content (AvgIpc) is 3.03. The van der Waals surface area contributed by atoms with Gasteiger partial charge in [-0.3, -0.25) is 0 Å². The summed E-state index contributed by atoms with van der Waals surface area (Å²) in [5, 5.41) is 7.77. The zero-order chi connectivity index (χ0) is 19.2. The predicted octanol–water partition coefficient (Wildman–Crippen LogP) is 4.37. The Kier molecular flexibility index (Phi) is 6.44. The number of aromatic nitrogens is 3. The van der Waals surface area contributed by atoms with Crippen molar-refractivity contribution in [3.8, 4) is 16.3 Å². The van der Waals surface area contributed by atoms with E-state index >= 15 is 0 Å². The number of anilines is 3. The third-order valence-electron chi connectivity index (χ3n) is 3.68. The van der Waals surface area contributed by atoms with Crippen LogP contribution in [0.5, 0.6) is 5.75 Å². The second-order valence-corrected chi connectivity index (χ2v) is 7.00. The molecule has 0 spiro atoms. The van der Waals surface area contributed by atoms with Gasteiger partial charge in [-0.2, -0.15) is 0 Å². The first-order chi connectivity index (χ1) is 13.1. The Bertz CT molecular complexity index is 919. The van der Waals surface area contributed by atoms with Crippen LogP contribution in [0.15, 0.2) is 30.5 Å². The van der Waals surface area contributed by atoms with Gasteiger partial charge < -0.3 is 20.1 Å². The Hall–Kier alpha value is -2.42. The highest BCUT2D eigenvalue weighted by atomic mass is 35.5. The van der Waals surface area contributed by atoms with Gasteiger partial charge in [-0.25, -0.2) is 15.0 Å². The number of hydrogen-bond acceptors (Lipinski definition) is 8. The second kappa shape index (κ2) is 8.98. The van der Waals surface area contributed by atoms with E-state index in [1.54, 1.807) is 43.9 Å². The Balaban J connectivity index is 1.78. The number of nitrogens with one attached hydrogen (secondary N) is 2. The number of halogens is 1. The van der Waals surface area contributed by atoms with E-state index in [1.807, 2.05) is 19.1 Å². The second-order valence-electron chi connectivity index (χ2n) is 5.59. The molecule has 27 heavy (non-hydrogen) atoms. The Labute approximate surface area is 166 Å². The van der Waals surface area contributed by atoms with E-state index in [-0.39, 0.29) is 0 Å². The topological polar surface area (TPSA) is 81.2 Å². The number of hydrogen-bond donors (Lipinski definition) is 2. The van der Waals surface area contributed by atoms with Crippen LogP contribution in [-0.4, -0.2) is 42.3 Å². The van der Waals surface area contributed by atoms with Gasteiger partial charge in [0.05, 0.1) is 35.0 Å². The summed E-state index contributed by atoms with van der Waals surface area (Å²) in [5.41, 5.74) is 2.50. The molecule has 3 aromatic rings. The normalized spacial score (nSPS) is 10.7. The van der Waals surface area contributed by atoms with E-state index in [9.17, 15) is 0 Å². The number of rotatable bonds is 8. The standard InChI is InChI=1S/C18H20ClN5O2S/c1-11-16(27-18(22-11)21-8-9-25-2)14-6-7-20-17(24-14)23-12-4-5-15(26-3)13(19)10-12/h4-7,10H,8-9H2,1-3H3,(H,21,22)(H,20,23,24). The fourth-order valence-corrected chi connectivity index (χ4v) is 3.61. The molecule has 7 nitrogen and oxygen atoms in total. The molecule has 0 saturated carbocycles. The minimum atomic E-state index is 0.482. The first-order valence-electron chi connectivity index (χ1n) is 8.25.